The van der Waals surface area contributed by atoms with E-state index >= 15 is 0 Å². The van der Waals surface area contributed by atoms with E-state index in [-0.39, 0.29) is 11.4 Å². The van der Waals surface area contributed by atoms with Crippen molar-refractivity contribution in [2.45, 2.75) is 41.5 Å². The van der Waals surface area contributed by atoms with Gasteiger partial charge in [-0.15, -0.1) is 11.3 Å². The van der Waals surface area contributed by atoms with E-state index in [4.69, 9.17) is 4.84 Å². The Hall–Kier alpha value is -1.16. The van der Waals surface area contributed by atoms with E-state index in [1.165, 1.54) is 0 Å². The number of carbonyl (C=O) groups is 1. The zero-order chi connectivity index (χ0) is 14.0. The minimum Gasteiger partial charge on any atom is -0.317 e. The lowest BCUT2D eigenvalue weighted by Gasteiger charge is -2.20. The van der Waals surface area contributed by atoms with E-state index in [0.29, 0.717) is 0 Å². The second kappa shape index (κ2) is 5.22. The third kappa shape index (κ3) is 3.95. The SMILES string of the molecule is CC(C)(C)C(=O)O/N=C(\c1cccs1)C(C)(C)C. The van der Waals surface area contributed by atoms with Crippen LogP contribution in [0.5, 0.6) is 0 Å². The normalized spacial score (nSPS) is 13.6. The van der Waals surface area contributed by atoms with Gasteiger partial charge >= 0.3 is 5.97 Å². The lowest BCUT2D eigenvalue weighted by Crippen LogP contribution is -2.25. The summed E-state index contributed by atoms with van der Waals surface area (Å²) in [5, 5.41) is 6.07. The number of thiophene rings is 1. The maximum Gasteiger partial charge on any atom is 0.340 e. The van der Waals surface area contributed by atoms with Crippen molar-refractivity contribution >= 4 is 23.0 Å². The zero-order valence-corrected chi connectivity index (χ0v) is 12.7. The van der Waals surface area contributed by atoms with Gasteiger partial charge in [0.25, 0.3) is 0 Å². The Kier molecular flexibility index (Phi) is 4.32. The minimum absolute atomic E-state index is 0.164. The third-order valence-electron chi connectivity index (χ3n) is 2.30. The lowest BCUT2D eigenvalue weighted by atomic mass is 9.89. The van der Waals surface area contributed by atoms with Crippen molar-refractivity contribution in [1.29, 1.82) is 0 Å². The van der Waals surface area contributed by atoms with Gasteiger partial charge in [-0.05, 0) is 32.2 Å². The highest BCUT2D eigenvalue weighted by Crippen LogP contribution is 2.26. The molecule has 0 aromatic carbocycles. The molecule has 1 aromatic rings. The largest absolute Gasteiger partial charge is 0.340 e. The molecule has 18 heavy (non-hydrogen) atoms. The van der Waals surface area contributed by atoms with Gasteiger partial charge in [0, 0.05) is 5.41 Å². The first-order valence-electron chi connectivity index (χ1n) is 5.96. The van der Waals surface area contributed by atoms with E-state index in [9.17, 15) is 4.79 Å². The van der Waals surface area contributed by atoms with Crippen molar-refractivity contribution < 1.29 is 9.63 Å². The van der Waals surface area contributed by atoms with Gasteiger partial charge in [0.1, 0.15) is 5.71 Å². The highest BCUT2D eigenvalue weighted by molar-refractivity contribution is 7.12. The van der Waals surface area contributed by atoms with Gasteiger partial charge in [0.2, 0.25) is 0 Å². The van der Waals surface area contributed by atoms with Crippen molar-refractivity contribution in [2.75, 3.05) is 0 Å². The lowest BCUT2D eigenvalue weighted by molar-refractivity contribution is -0.153. The van der Waals surface area contributed by atoms with E-state index in [1.54, 1.807) is 11.3 Å². The van der Waals surface area contributed by atoms with Crippen LogP contribution in [0.3, 0.4) is 0 Å². The third-order valence-corrected chi connectivity index (χ3v) is 3.17. The average molecular weight is 267 g/mol. The zero-order valence-electron chi connectivity index (χ0n) is 11.9. The maximum absolute atomic E-state index is 11.7. The van der Waals surface area contributed by atoms with E-state index < -0.39 is 5.41 Å². The number of nitrogens with zero attached hydrogens (tertiary/aromatic N) is 1. The molecule has 0 aliphatic rings. The number of oxime groups is 1. The molecule has 0 spiro atoms. The standard InChI is InChI=1S/C14H21NO2S/c1-13(2,3)11(10-8-7-9-18-10)15-17-12(16)14(4,5)6/h7-9H,1-6H3/b15-11+. The van der Waals surface area contributed by atoms with Gasteiger partial charge in [-0.1, -0.05) is 32.0 Å². The molecule has 0 radical (unpaired) electrons. The monoisotopic (exact) mass is 267 g/mol. The molecule has 0 fully saturated rings. The minimum atomic E-state index is -0.540. The van der Waals surface area contributed by atoms with E-state index in [2.05, 4.69) is 25.9 Å². The van der Waals surface area contributed by atoms with Crippen LogP contribution < -0.4 is 0 Å². The molecular formula is C14H21NO2S. The smallest absolute Gasteiger partial charge is 0.317 e. The molecule has 0 saturated heterocycles. The molecule has 0 bridgehead atoms. The summed E-state index contributed by atoms with van der Waals surface area (Å²) in [5.41, 5.74) is 0.0976. The Morgan fingerprint density at radius 1 is 1.17 bits per heavy atom. The number of carbonyl (C=O) groups excluding carboxylic acids is 1. The highest BCUT2D eigenvalue weighted by atomic mass is 32.1. The van der Waals surface area contributed by atoms with Gasteiger partial charge in [-0.25, -0.2) is 4.79 Å². The highest BCUT2D eigenvalue weighted by Gasteiger charge is 2.26. The van der Waals surface area contributed by atoms with Crippen LogP contribution in [0.25, 0.3) is 0 Å². The van der Waals surface area contributed by atoms with E-state index in [0.717, 1.165) is 10.6 Å². The Morgan fingerprint density at radius 2 is 1.78 bits per heavy atom. The predicted molar refractivity (Wildman–Crippen MR) is 75.9 cm³/mol. The van der Waals surface area contributed by atoms with Crippen LogP contribution in [0.15, 0.2) is 22.7 Å². The van der Waals surface area contributed by atoms with Crippen molar-refractivity contribution in [1.82, 2.24) is 0 Å². The fraction of sp³-hybridized carbons (Fsp3) is 0.571. The molecule has 4 heteroatoms. The molecule has 0 saturated carbocycles. The van der Waals surface area contributed by atoms with Crippen LogP contribution in [-0.2, 0) is 9.63 Å². The Balaban J connectivity index is 2.97. The van der Waals surface area contributed by atoms with Crippen LogP contribution in [-0.4, -0.2) is 11.7 Å². The molecule has 3 nitrogen and oxygen atoms in total. The summed E-state index contributed by atoms with van der Waals surface area (Å²) in [6, 6.07) is 3.95. The summed E-state index contributed by atoms with van der Waals surface area (Å²) in [7, 11) is 0. The molecule has 0 N–H and O–H groups in total. The van der Waals surface area contributed by atoms with Gasteiger partial charge in [0.15, 0.2) is 0 Å². The van der Waals surface area contributed by atoms with Crippen LogP contribution in [0, 0.1) is 10.8 Å². The Morgan fingerprint density at radius 3 is 2.17 bits per heavy atom. The molecule has 1 aromatic heterocycles. The summed E-state index contributed by atoms with van der Waals surface area (Å²) in [4.78, 5) is 17.8. The van der Waals surface area contributed by atoms with Crippen LogP contribution >= 0.6 is 11.3 Å². The molecule has 0 unspecified atom stereocenters. The Labute approximate surface area is 113 Å². The molecule has 1 heterocycles. The second-order valence-electron chi connectivity index (χ2n) is 6.30. The molecule has 100 valence electrons. The second-order valence-corrected chi connectivity index (χ2v) is 7.24. The fourth-order valence-corrected chi connectivity index (χ4v) is 2.10. The Bertz CT molecular complexity index is 433. The van der Waals surface area contributed by atoms with Crippen molar-refractivity contribution in [2.24, 2.45) is 16.0 Å². The van der Waals surface area contributed by atoms with E-state index in [1.807, 2.05) is 38.3 Å². The average Bonchev–Trinajstić information content (AvgIpc) is 2.67. The van der Waals surface area contributed by atoms with Crippen LogP contribution in [0.4, 0.5) is 0 Å². The van der Waals surface area contributed by atoms with Crippen molar-refractivity contribution in [3.63, 3.8) is 0 Å². The van der Waals surface area contributed by atoms with Crippen molar-refractivity contribution in [3.8, 4) is 0 Å². The van der Waals surface area contributed by atoms with Crippen LogP contribution in [0.1, 0.15) is 46.4 Å². The van der Waals surface area contributed by atoms with Crippen LogP contribution in [0.2, 0.25) is 0 Å². The first kappa shape index (κ1) is 14.9. The number of rotatable bonds is 2. The van der Waals surface area contributed by atoms with Gasteiger partial charge in [-0.3, -0.25) is 0 Å². The molecule has 0 amide bonds. The van der Waals surface area contributed by atoms with Gasteiger partial charge < -0.3 is 4.84 Å². The van der Waals surface area contributed by atoms with Gasteiger partial charge in [-0.2, -0.15) is 0 Å². The number of hydrogen-bond acceptors (Lipinski definition) is 4. The molecule has 0 atom stereocenters. The molecule has 0 aliphatic carbocycles. The summed E-state index contributed by atoms with van der Waals surface area (Å²) >= 11 is 1.59. The number of hydrogen-bond donors (Lipinski definition) is 0. The van der Waals surface area contributed by atoms with Crippen molar-refractivity contribution in [3.05, 3.63) is 22.4 Å². The molecular weight excluding hydrogens is 246 g/mol. The molecule has 1 rings (SSSR count). The summed E-state index contributed by atoms with van der Waals surface area (Å²) in [6.07, 6.45) is 0. The quantitative estimate of drug-likeness (QED) is 0.460. The molecule has 0 aliphatic heterocycles. The topological polar surface area (TPSA) is 38.7 Å². The fourth-order valence-electron chi connectivity index (χ4n) is 1.19. The first-order valence-corrected chi connectivity index (χ1v) is 6.84. The first-order chi connectivity index (χ1) is 8.12. The predicted octanol–water partition coefficient (Wildman–Crippen LogP) is 4.09. The maximum atomic E-state index is 11.7. The van der Waals surface area contributed by atoms with Gasteiger partial charge in [0.05, 0.1) is 10.3 Å². The summed E-state index contributed by atoms with van der Waals surface area (Å²) < 4.78 is 0. The summed E-state index contributed by atoms with van der Waals surface area (Å²) in [5.74, 6) is -0.319. The summed E-state index contributed by atoms with van der Waals surface area (Å²) in [6.45, 7) is 11.6.